The van der Waals surface area contributed by atoms with Crippen molar-refractivity contribution in [2.45, 2.75) is 52.6 Å². The van der Waals surface area contributed by atoms with Crippen molar-refractivity contribution in [3.8, 4) is 0 Å². The first-order valence-electron chi connectivity index (χ1n) is 10.6. The van der Waals surface area contributed by atoms with Gasteiger partial charge in [0.1, 0.15) is 0 Å². The fourth-order valence-corrected chi connectivity index (χ4v) is 3.96. The third kappa shape index (κ3) is 5.18. The van der Waals surface area contributed by atoms with Gasteiger partial charge in [-0.3, -0.25) is 0 Å². The quantitative estimate of drug-likeness (QED) is 0.814. The average Bonchev–Trinajstić information content (AvgIpc) is 3.04. The maximum Gasteiger partial charge on any atom is 0.320 e. The number of nitrogens with one attached hydrogen (secondary N) is 1. The molecule has 1 aromatic carbocycles. The SMILES string of the molecule is Cc1ccc(CN2CCN(C3CCN(C(=O)NCCC(C)C)CC3)C2=O)cc1. The molecule has 28 heavy (non-hydrogen) atoms. The molecule has 0 aliphatic carbocycles. The molecule has 2 aliphatic heterocycles. The van der Waals surface area contributed by atoms with Gasteiger partial charge in [0, 0.05) is 45.3 Å². The Hall–Kier alpha value is -2.24. The number of hydrogen-bond acceptors (Lipinski definition) is 2. The molecular weight excluding hydrogens is 352 g/mol. The van der Waals surface area contributed by atoms with Gasteiger partial charge in [0.15, 0.2) is 0 Å². The molecule has 3 rings (SSSR count). The van der Waals surface area contributed by atoms with Crippen molar-refractivity contribution < 1.29 is 9.59 Å². The summed E-state index contributed by atoms with van der Waals surface area (Å²) in [6.45, 7) is 10.8. The molecule has 2 fully saturated rings. The lowest BCUT2D eigenvalue weighted by atomic mass is 10.0. The van der Waals surface area contributed by atoms with E-state index in [0.29, 0.717) is 12.5 Å². The Morgan fingerprint density at radius 3 is 2.43 bits per heavy atom. The summed E-state index contributed by atoms with van der Waals surface area (Å²) in [5.74, 6) is 0.593. The van der Waals surface area contributed by atoms with E-state index >= 15 is 0 Å². The second-order valence-electron chi connectivity index (χ2n) is 8.52. The van der Waals surface area contributed by atoms with Crippen LogP contribution in [0.25, 0.3) is 0 Å². The van der Waals surface area contributed by atoms with Crippen LogP contribution in [0.3, 0.4) is 0 Å². The van der Waals surface area contributed by atoms with Crippen LogP contribution in [0.15, 0.2) is 24.3 Å². The Morgan fingerprint density at radius 1 is 1.11 bits per heavy atom. The van der Waals surface area contributed by atoms with Gasteiger partial charge in [-0.2, -0.15) is 0 Å². The molecule has 2 saturated heterocycles. The number of amides is 4. The van der Waals surface area contributed by atoms with Crippen LogP contribution in [-0.4, -0.2) is 65.5 Å². The van der Waals surface area contributed by atoms with Crippen molar-refractivity contribution in [3.05, 3.63) is 35.4 Å². The molecule has 2 aliphatic rings. The molecule has 6 nitrogen and oxygen atoms in total. The van der Waals surface area contributed by atoms with Crippen LogP contribution in [0.4, 0.5) is 9.59 Å². The topological polar surface area (TPSA) is 55.9 Å². The lowest BCUT2D eigenvalue weighted by Crippen LogP contribution is -2.50. The number of carbonyl (C=O) groups excluding carboxylic acids is 2. The average molecular weight is 387 g/mol. The third-order valence-corrected chi connectivity index (χ3v) is 5.81. The minimum Gasteiger partial charge on any atom is -0.338 e. The van der Waals surface area contributed by atoms with Crippen LogP contribution in [0.2, 0.25) is 0 Å². The number of piperidine rings is 1. The zero-order valence-corrected chi connectivity index (χ0v) is 17.5. The molecule has 0 bridgehead atoms. The summed E-state index contributed by atoms with van der Waals surface area (Å²) in [6.07, 6.45) is 2.73. The molecular formula is C22H34N4O2. The minimum absolute atomic E-state index is 0.0350. The molecule has 0 spiro atoms. The second-order valence-corrected chi connectivity index (χ2v) is 8.52. The van der Waals surface area contributed by atoms with Gasteiger partial charge in [-0.15, -0.1) is 0 Å². The molecule has 0 unspecified atom stereocenters. The first-order valence-corrected chi connectivity index (χ1v) is 10.6. The number of benzene rings is 1. The van der Waals surface area contributed by atoms with Gasteiger partial charge in [0.05, 0.1) is 0 Å². The lowest BCUT2D eigenvalue weighted by molar-refractivity contribution is 0.134. The maximum atomic E-state index is 12.9. The summed E-state index contributed by atoms with van der Waals surface area (Å²) >= 11 is 0. The zero-order chi connectivity index (χ0) is 20.1. The Bertz CT molecular complexity index is 666. The first kappa shape index (κ1) is 20.5. The van der Waals surface area contributed by atoms with E-state index in [0.717, 1.165) is 52.0 Å². The predicted molar refractivity (Wildman–Crippen MR) is 111 cm³/mol. The van der Waals surface area contributed by atoms with Gasteiger partial charge in [-0.05, 0) is 37.7 Å². The lowest BCUT2D eigenvalue weighted by Gasteiger charge is -2.36. The van der Waals surface area contributed by atoms with Crippen molar-refractivity contribution >= 4 is 12.1 Å². The number of carbonyl (C=O) groups is 2. The molecule has 6 heteroatoms. The number of aryl methyl sites for hydroxylation is 1. The Kier molecular flexibility index (Phi) is 6.81. The molecule has 0 radical (unpaired) electrons. The van der Waals surface area contributed by atoms with E-state index in [1.165, 1.54) is 11.1 Å². The number of hydrogen-bond donors (Lipinski definition) is 1. The van der Waals surface area contributed by atoms with Crippen LogP contribution in [0, 0.1) is 12.8 Å². The number of rotatable bonds is 6. The molecule has 0 saturated carbocycles. The molecule has 154 valence electrons. The van der Waals surface area contributed by atoms with Crippen LogP contribution in [0.1, 0.15) is 44.2 Å². The summed E-state index contributed by atoms with van der Waals surface area (Å²) in [4.78, 5) is 31.0. The van der Waals surface area contributed by atoms with Gasteiger partial charge < -0.3 is 20.0 Å². The molecule has 2 heterocycles. The van der Waals surface area contributed by atoms with E-state index in [-0.39, 0.29) is 18.1 Å². The van der Waals surface area contributed by atoms with Crippen molar-refractivity contribution in [2.24, 2.45) is 5.92 Å². The molecule has 4 amide bonds. The summed E-state index contributed by atoms with van der Waals surface area (Å²) in [5.41, 5.74) is 2.41. The minimum atomic E-state index is 0.0350. The second kappa shape index (κ2) is 9.30. The van der Waals surface area contributed by atoms with E-state index in [9.17, 15) is 9.59 Å². The molecule has 0 aromatic heterocycles. The fourth-order valence-electron chi connectivity index (χ4n) is 3.96. The van der Waals surface area contributed by atoms with Crippen LogP contribution < -0.4 is 5.32 Å². The van der Waals surface area contributed by atoms with E-state index in [4.69, 9.17) is 0 Å². The Labute approximate surface area is 168 Å². The highest BCUT2D eigenvalue weighted by Crippen LogP contribution is 2.23. The van der Waals surface area contributed by atoms with Crippen molar-refractivity contribution in [1.29, 1.82) is 0 Å². The summed E-state index contributed by atoms with van der Waals surface area (Å²) < 4.78 is 0. The monoisotopic (exact) mass is 386 g/mol. The van der Waals surface area contributed by atoms with Gasteiger partial charge in [-0.1, -0.05) is 43.7 Å². The largest absolute Gasteiger partial charge is 0.338 e. The molecule has 0 atom stereocenters. The van der Waals surface area contributed by atoms with Gasteiger partial charge in [0.25, 0.3) is 0 Å². The van der Waals surface area contributed by atoms with E-state index < -0.39 is 0 Å². The maximum absolute atomic E-state index is 12.9. The van der Waals surface area contributed by atoms with E-state index in [2.05, 4.69) is 50.4 Å². The van der Waals surface area contributed by atoms with Crippen molar-refractivity contribution in [1.82, 2.24) is 20.0 Å². The summed E-state index contributed by atoms with van der Waals surface area (Å²) in [5, 5.41) is 3.01. The zero-order valence-electron chi connectivity index (χ0n) is 17.5. The van der Waals surface area contributed by atoms with Gasteiger partial charge in [0.2, 0.25) is 0 Å². The smallest absolute Gasteiger partial charge is 0.320 e. The highest BCUT2D eigenvalue weighted by molar-refractivity contribution is 5.77. The van der Waals surface area contributed by atoms with Crippen LogP contribution in [-0.2, 0) is 6.54 Å². The first-order chi connectivity index (χ1) is 13.4. The van der Waals surface area contributed by atoms with Crippen LogP contribution in [0.5, 0.6) is 0 Å². The van der Waals surface area contributed by atoms with Gasteiger partial charge >= 0.3 is 12.1 Å². The number of urea groups is 2. The predicted octanol–water partition coefficient (Wildman–Crippen LogP) is 3.45. The highest BCUT2D eigenvalue weighted by Gasteiger charge is 2.35. The summed E-state index contributed by atoms with van der Waals surface area (Å²) in [7, 11) is 0. The molecule has 1 aromatic rings. The normalized spacial score (nSPS) is 18.3. The van der Waals surface area contributed by atoms with E-state index in [1.807, 2.05) is 14.7 Å². The van der Waals surface area contributed by atoms with Crippen LogP contribution >= 0.6 is 0 Å². The van der Waals surface area contributed by atoms with E-state index in [1.54, 1.807) is 0 Å². The van der Waals surface area contributed by atoms with Crippen molar-refractivity contribution in [2.75, 3.05) is 32.7 Å². The number of likely N-dealkylation sites (tertiary alicyclic amines) is 1. The van der Waals surface area contributed by atoms with Crippen molar-refractivity contribution in [3.63, 3.8) is 0 Å². The van der Waals surface area contributed by atoms with Gasteiger partial charge in [-0.25, -0.2) is 9.59 Å². The number of nitrogens with zero attached hydrogens (tertiary/aromatic N) is 3. The highest BCUT2D eigenvalue weighted by atomic mass is 16.2. The Morgan fingerprint density at radius 2 is 1.79 bits per heavy atom. The summed E-state index contributed by atoms with van der Waals surface area (Å²) in [6, 6.07) is 8.80. The fraction of sp³-hybridized carbons (Fsp3) is 0.636. The standard InChI is InChI=1S/C22H34N4O2/c1-17(2)8-11-23-21(27)24-12-9-20(10-13-24)26-15-14-25(22(26)28)16-19-6-4-18(3)5-7-19/h4-7,17,20H,8-16H2,1-3H3,(H,23,27). The Balaban J connectivity index is 1.45. The third-order valence-electron chi connectivity index (χ3n) is 5.81. The molecule has 1 N–H and O–H groups in total.